The quantitative estimate of drug-likeness (QED) is 0.605. The molecule has 2 rings (SSSR count). The number of fused-ring (bicyclic) bond motifs is 1. The predicted octanol–water partition coefficient (Wildman–Crippen LogP) is 2.17. The Labute approximate surface area is 122 Å². The zero-order chi connectivity index (χ0) is 13.9. The van der Waals surface area contributed by atoms with Crippen LogP contribution in [0.1, 0.15) is 17.5 Å². The van der Waals surface area contributed by atoms with Crippen molar-refractivity contribution < 1.29 is 13.2 Å². The summed E-state index contributed by atoms with van der Waals surface area (Å²) >= 11 is 3.37. The Kier molecular flexibility index (Phi) is 4.86. The van der Waals surface area contributed by atoms with Crippen LogP contribution in [0.25, 0.3) is 0 Å². The normalized spacial score (nSPS) is 16.1. The Hall–Kier alpha value is -0.590. The van der Waals surface area contributed by atoms with Crippen LogP contribution in [0.3, 0.4) is 0 Å². The third kappa shape index (κ3) is 3.94. The number of nitrogens with zero attached hydrogens (tertiary/aromatic N) is 1. The predicted molar refractivity (Wildman–Crippen MR) is 79.3 cm³/mol. The van der Waals surface area contributed by atoms with Gasteiger partial charge in [-0.05, 0) is 36.1 Å². The van der Waals surface area contributed by atoms with Gasteiger partial charge in [-0.1, -0.05) is 22.0 Å². The molecule has 0 spiro atoms. The van der Waals surface area contributed by atoms with Gasteiger partial charge in [0.25, 0.3) is 0 Å². The Morgan fingerprint density at radius 3 is 2.84 bits per heavy atom. The molecule has 0 unspecified atom stereocenters. The zero-order valence-electron chi connectivity index (χ0n) is 10.9. The smallest absolute Gasteiger partial charge is 0.211 e. The van der Waals surface area contributed by atoms with Crippen molar-refractivity contribution in [2.75, 3.05) is 24.7 Å². The monoisotopic (exact) mass is 347 g/mol. The molecule has 0 aromatic heterocycles. The number of rotatable bonds is 5. The molecule has 0 amide bonds. The van der Waals surface area contributed by atoms with Crippen molar-refractivity contribution in [3.05, 3.63) is 29.3 Å². The van der Waals surface area contributed by atoms with Crippen molar-refractivity contribution in [2.24, 2.45) is 0 Å². The molecule has 0 atom stereocenters. The molecule has 4 nitrogen and oxygen atoms in total. The van der Waals surface area contributed by atoms with E-state index in [1.54, 1.807) is 0 Å². The van der Waals surface area contributed by atoms with E-state index in [4.69, 9.17) is 4.74 Å². The molecule has 0 N–H and O–H groups in total. The van der Waals surface area contributed by atoms with E-state index in [9.17, 15) is 8.42 Å². The number of alkyl halides is 1. The zero-order valence-corrected chi connectivity index (χ0v) is 13.3. The second-order valence-electron chi connectivity index (χ2n) is 4.67. The topological polar surface area (TPSA) is 46.6 Å². The van der Waals surface area contributed by atoms with Crippen LogP contribution in [0.15, 0.2) is 18.2 Å². The van der Waals surface area contributed by atoms with Crippen LogP contribution < -0.4 is 4.74 Å². The van der Waals surface area contributed by atoms with Crippen molar-refractivity contribution in [2.45, 2.75) is 19.4 Å². The molecule has 0 fully saturated rings. The van der Waals surface area contributed by atoms with E-state index in [0.29, 0.717) is 19.7 Å². The van der Waals surface area contributed by atoms with Gasteiger partial charge in [-0.25, -0.2) is 8.42 Å². The molecule has 0 saturated carbocycles. The summed E-state index contributed by atoms with van der Waals surface area (Å²) in [6.07, 6.45) is 2.98. The molecule has 0 saturated heterocycles. The summed E-state index contributed by atoms with van der Waals surface area (Å²) in [6.45, 7) is 1.71. The number of hydrogen-bond acceptors (Lipinski definition) is 3. The first kappa shape index (κ1) is 14.8. The summed E-state index contributed by atoms with van der Waals surface area (Å²) in [7, 11) is -3.10. The maximum Gasteiger partial charge on any atom is 0.211 e. The Bertz CT molecular complexity index is 545. The highest BCUT2D eigenvalue weighted by molar-refractivity contribution is 9.09. The van der Waals surface area contributed by atoms with E-state index >= 15 is 0 Å². The average molecular weight is 348 g/mol. The summed E-state index contributed by atoms with van der Waals surface area (Å²) in [4.78, 5) is 0. The fraction of sp³-hybridized carbons (Fsp3) is 0.538. The van der Waals surface area contributed by atoms with Gasteiger partial charge >= 0.3 is 0 Å². The first-order chi connectivity index (χ1) is 9.00. The van der Waals surface area contributed by atoms with Crippen LogP contribution >= 0.6 is 15.9 Å². The molecule has 0 bridgehead atoms. The lowest BCUT2D eigenvalue weighted by molar-refractivity contribution is 0.317. The van der Waals surface area contributed by atoms with Crippen molar-refractivity contribution in [3.8, 4) is 5.75 Å². The van der Waals surface area contributed by atoms with E-state index in [2.05, 4.69) is 15.9 Å². The van der Waals surface area contributed by atoms with Crippen molar-refractivity contribution >= 4 is 26.0 Å². The van der Waals surface area contributed by atoms with Crippen LogP contribution in [0.5, 0.6) is 5.75 Å². The van der Waals surface area contributed by atoms with E-state index in [0.717, 1.165) is 29.5 Å². The van der Waals surface area contributed by atoms with Gasteiger partial charge in [-0.3, -0.25) is 0 Å². The highest BCUT2D eigenvalue weighted by atomic mass is 79.9. The second kappa shape index (κ2) is 6.24. The molecular weight excluding hydrogens is 330 g/mol. The maximum atomic E-state index is 11.5. The molecule has 106 valence electrons. The minimum absolute atomic E-state index is 0.468. The first-order valence-corrected chi connectivity index (χ1v) is 9.23. The molecule has 1 aromatic rings. The van der Waals surface area contributed by atoms with Crippen LogP contribution in [0.4, 0.5) is 0 Å². The van der Waals surface area contributed by atoms with E-state index < -0.39 is 10.0 Å². The van der Waals surface area contributed by atoms with Crippen molar-refractivity contribution in [1.29, 1.82) is 0 Å². The number of halogens is 1. The largest absolute Gasteiger partial charge is 0.494 e. The third-order valence-corrected chi connectivity index (χ3v) is 4.98. The van der Waals surface area contributed by atoms with E-state index in [-0.39, 0.29) is 0 Å². The fourth-order valence-corrected chi connectivity index (χ4v) is 3.15. The number of ether oxygens (including phenoxy) is 1. The Morgan fingerprint density at radius 2 is 2.16 bits per heavy atom. The van der Waals surface area contributed by atoms with Gasteiger partial charge < -0.3 is 4.74 Å². The highest BCUT2D eigenvalue weighted by Crippen LogP contribution is 2.25. The minimum atomic E-state index is -3.10. The molecule has 1 heterocycles. The summed E-state index contributed by atoms with van der Waals surface area (Å²) < 4.78 is 30.2. The minimum Gasteiger partial charge on any atom is -0.494 e. The van der Waals surface area contributed by atoms with Gasteiger partial charge in [0, 0.05) is 18.4 Å². The molecule has 0 aliphatic carbocycles. The maximum absolute atomic E-state index is 11.5. The summed E-state index contributed by atoms with van der Waals surface area (Å²) in [5, 5.41) is 0.932. The average Bonchev–Trinajstić information content (AvgIpc) is 2.37. The first-order valence-electron chi connectivity index (χ1n) is 6.26. The summed E-state index contributed by atoms with van der Waals surface area (Å²) in [6, 6.07) is 5.91. The van der Waals surface area contributed by atoms with Gasteiger partial charge in [0.2, 0.25) is 10.0 Å². The lowest BCUT2D eigenvalue weighted by Crippen LogP contribution is -2.35. The van der Waals surface area contributed by atoms with Crippen molar-refractivity contribution in [3.63, 3.8) is 0 Å². The number of benzene rings is 1. The molecule has 1 aliphatic heterocycles. The van der Waals surface area contributed by atoms with Crippen molar-refractivity contribution in [1.82, 2.24) is 4.31 Å². The lowest BCUT2D eigenvalue weighted by atomic mass is 10.0. The molecule has 0 radical (unpaired) electrons. The molecule has 6 heteroatoms. The van der Waals surface area contributed by atoms with Gasteiger partial charge in [-0.15, -0.1) is 0 Å². The summed E-state index contributed by atoms with van der Waals surface area (Å²) in [5.74, 6) is 0.868. The standard InChI is InChI=1S/C13H18BrNO3S/c1-19(16,17)15-7-5-11-9-13(18-8-2-6-14)4-3-12(11)10-15/h3-4,9H,2,5-8,10H2,1H3. The Balaban J connectivity index is 2.08. The van der Waals surface area contributed by atoms with Crippen LogP contribution in [-0.4, -0.2) is 37.5 Å². The second-order valence-corrected chi connectivity index (χ2v) is 7.44. The van der Waals surface area contributed by atoms with Crippen LogP contribution in [-0.2, 0) is 23.0 Å². The molecule has 1 aliphatic rings. The van der Waals surface area contributed by atoms with E-state index in [1.807, 2.05) is 18.2 Å². The molecule has 19 heavy (non-hydrogen) atoms. The summed E-state index contributed by atoms with van der Waals surface area (Å²) in [5.41, 5.74) is 2.26. The number of hydrogen-bond donors (Lipinski definition) is 0. The van der Waals surface area contributed by atoms with Crippen LogP contribution in [0.2, 0.25) is 0 Å². The van der Waals surface area contributed by atoms with E-state index in [1.165, 1.54) is 16.1 Å². The van der Waals surface area contributed by atoms with Crippen LogP contribution in [0, 0.1) is 0 Å². The van der Waals surface area contributed by atoms with Gasteiger partial charge in [-0.2, -0.15) is 4.31 Å². The van der Waals surface area contributed by atoms with Gasteiger partial charge in [0.1, 0.15) is 5.75 Å². The van der Waals surface area contributed by atoms with Gasteiger partial charge in [0.15, 0.2) is 0 Å². The Morgan fingerprint density at radius 1 is 1.37 bits per heavy atom. The molecule has 1 aromatic carbocycles. The molecular formula is C13H18BrNO3S. The third-order valence-electron chi connectivity index (χ3n) is 3.17. The van der Waals surface area contributed by atoms with Gasteiger partial charge in [0.05, 0.1) is 12.9 Å². The lowest BCUT2D eigenvalue weighted by Gasteiger charge is -2.27. The number of sulfonamides is 1. The highest BCUT2D eigenvalue weighted by Gasteiger charge is 2.23. The fourth-order valence-electron chi connectivity index (χ4n) is 2.12. The SMILES string of the molecule is CS(=O)(=O)N1CCc2cc(OCCCBr)ccc2C1.